The fourth-order valence-corrected chi connectivity index (χ4v) is 3.33. The van der Waals surface area contributed by atoms with Gasteiger partial charge in [-0.15, -0.1) is 11.3 Å². The Labute approximate surface area is 133 Å². The van der Waals surface area contributed by atoms with Gasteiger partial charge in [0.25, 0.3) is 0 Å². The number of nitrogens with zero attached hydrogens (tertiary/aromatic N) is 1. The molecule has 116 valence electrons. The van der Waals surface area contributed by atoms with Gasteiger partial charge in [0.2, 0.25) is 0 Å². The Hall–Kier alpha value is -1.73. The number of benzene rings is 1. The highest BCUT2D eigenvalue weighted by Crippen LogP contribution is 2.31. The van der Waals surface area contributed by atoms with Crippen molar-refractivity contribution in [1.29, 1.82) is 0 Å². The van der Waals surface area contributed by atoms with Crippen LogP contribution in [-0.4, -0.2) is 35.3 Å². The van der Waals surface area contributed by atoms with Crippen LogP contribution in [0.4, 0.5) is 5.69 Å². The van der Waals surface area contributed by atoms with Crippen molar-refractivity contribution in [3.8, 4) is 0 Å². The molecular weight excluding hydrogens is 298 g/mol. The Morgan fingerprint density at radius 3 is 2.82 bits per heavy atom. The predicted molar refractivity (Wildman–Crippen MR) is 88.8 cm³/mol. The van der Waals surface area contributed by atoms with Gasteiger partial charge >= 0.3 is 0 Å². The van der Waals surface area contributed by atoms with Gasteiger partial charge in [0, 0.05) is 13.0 Å². The van der Waals surface area contributed by atoms with Gasteiger partial charge in [0.05, 0.1) is 29.8 Å². The van der Waals surface area contributed by atoms with Crippen LogP contribution < -0.4 is 11.1 Å². The van der Waals surface area contributed by atoms with Gasteiger partial charge in [-0.2, -0.15) is 0 Å². The van der Waals surface area contributed by atoms with Crippen molar-refractivity contribution in [3.63, 3.8) is 0 Å². The minimum absolute atomic E-state index is 0.0905. The van der Waals surface area contributed by atoms with Gasteiger partial charge in [0.1, 0.15) is 5.84 Å². The molecule has 0 unspecified atom stereocenters. The highest BCUT2D eigenvalue weighted by Gasteiger charge is 2.16. The topological polar surface area (TPSA) is 90.9 Å². The van der Waals surface area contributed by atoms with E-state index in [-0.39, 0.29) is 19.3 Å². The van der Waals surface area contributed by atoms with E-state index in [1.54, 1.807) is 11.3 Å². The van der Waals surface area contributed by atoms with Crippen LogP contribution in [0.3, 0.4) is 0 Å². The maximum absolute atomic E-state index is 9.08. The van der Waals surface area contributed by atoms with Crippen molar-refractivity contribution in [3.05, 3.63) is 51.2 Å². The number of amidine groups is 1. The lowest BCUT2D eigenvalue weighted by molar-refractivity contribution is 0.170. The fraction of sp³-hybridized carbons (Fsp3) is 0.312. The first-order chi connectivity index (χ1) is 10.7. The number of nitrogens with one attached hydrogen (secondary N) is 1. The number of thiophene rings is 1. The van der Waals surface area contributed by atoms with Crippen LogP contribution in [0.2, 0.25) is 0 Å². The van der Waals surface area contributed by atoms with Crippen molar-refractivity contribution >= 4 is 22.9 Å². The number of fused-ring (bicyclic) bond motifs is 2. The van der Waals surface area contributed by atoms with Gasteiger partial charge < -0.3 is 21.3 Å². The monoisotopic (exact) mass is 317 g/mol. The molecule has 1 aliphatic heterocycles. The van der Waals surface area contributed by atoms with Crippen LogP contribution in [0.5, 0.6) is 0 Å². The summed E-state index contributed by atoms with van der Waals surface area (Å²) in [5.74, 6) is 0.567. The van der Waals surface area contributed by atoms with Gasteiger partial charge in [0.15, 0.2) is 0 Å². The third kappa shape index (κ3) is 3.05. The minimum atomic E-state index is -0.306. The third-order valence-electron chi connectivity index (χ3n) is 3.79. The number of aliphatic hydroxyl groups excluding tert-OH is 2. The highest BCUT2D eigenvalue weighted by atomic mass is 32.1. The number of aliphatic hydroxyl groups is 2. The average molecular weight is 317 g/mol. The van der Waals surface area contributed by atoms with E-state index in [1.165, 1.54) is 5.56 Å². The Morgan fingerprint density at radius 1 is 1.23 bits per heavy atom. The molecule has 3 rings (SSSR count). The molecule has 0 fully saturated rings. The molecule has 6 heteroatoms. The van der Waals surface area contributed by atoms with Gasteiger partial charge in [-0.05, 0) is 34.2 Å². The first-order valence-corrected chi connectivity index (χ1v) is 8.07. The zero-order valence-corrected chi connectivity index (χ0v) is 12.9. The number of aliphatic imine (C=N–C) groups is 1. The smallest absolute Gasteiger partial charge is 0.141 e. The molecule has 1 aromatic heterocycles. The Balaban J connectivity index is 1.83. The molecule has 0 saturated carbocycles. The zero-order valence-electron chi connectivity index (χ0n) is 12.1. The summed E-state index contributed by atoms with van der Waals surface area (Å²) in [6.45, 7) is 0.385. The second-order valence-electron chi connectivity index (χ2n) is 5.35. The molecule has 5 nitrogen and oxygen atoms in total. The zero-order chi connectivity index (χ0) is 15.5. The molecule has 2 heterocycles. The third-order valence-corrected chi connectivity index (χ3v) is 4.77. The van der Waals surface area contributed by atoms with Crippen LogP contribution >= 0.6 is 11.3 Å². The maximum Gasteiger partial charge on any atom is 0.141 e. The summed E-state index contributed by atoms with van der Waals surface area (Å²) in [6, 6.07) is 7.92. The van der Waals surface area contributed by atoms with Gasteiger partial charge in [-0.3, -0.25) is 0 Å². The van der Waals surface area contributed by atoms with E-state index >= 15 is 0 Å². The number of nitrogens with two attached hydrogens (primary N) is 1. The number of rotatable bonds is 5. The molecule has 5 N–H and O–H groups in total. The van der Waals surface area contributed by atoms with E-state index in [1.807, 2.05) is 17.5 Å². The lowest BCUT2D eigenvalue weighted by Gasteiger charge is -2.14. The van der Waals surface area contributed by atoms with E-state index in [0.717, 1.165) is 28.1 Å². The molecule has 0 atom stereocenters. The van der Waals surface area contributed by atoms with E-state index in [4.69, 9.17) is 15.9 Å². The van der Waals surface area contributed by atoms with Crippen LogP contribution in [0, 0.1) is 0 Å². The lowest BCUT2D eigenvalue weighted by atomic mass is 10.0. The van der Waals surface area contributed by atoms with Crippen molar-refractivity contribution in [1.82, 2.24) is 5.32 Å². The van der Waals surface area contributed by atoms with Crippen LogP contribution in [0.1, 0.15) is 21.6 Å². The molecule has 1 aliphatic rings. The number of hydrogen-bond donors (Lipinski definition) is 4. The molecule has 22 heavy (non-hydrogen) atoms. The van der Waals surface area contributed by atoms with E-state index in [2.05, 4.69) is 22.4 Å². The second kappa shape index (κ2) is 6.58. The largest absolute Gasteiger partial charge is 0.395 e. The van der Waals surface area contributed by atoms with E-state index in [9.17, 15) is 0 Å². The van der Waals surface area contributed by atoms with Crippen LogP contribution in [0.25, 0.3) is 0 Å². The Bertz CT molecular complexity index is 692. The average Bonchev–Trinajstić information content (AvgIpc) is 2.94. The van der Waals surface area contributed by atoms with E-state index in [0.29, 0.717) is 12.4 Å². The van der Waals surface area contributed by atoms with Crippen LogP contribution in [-0.2, 0) is 13.0 Å². The van der Waals surface area contributed by atoms with Crippen molar-refractivity contribution < 1.29 is 10.2 Å². The maximum atomic E-state index is 9.08. The summed E-state index contributed by atoms with van der Waals surface area (Å²) in [6.07, 6.45) is 0.835. The van der Waals surface area contributed by atoms with E-state index < -0.39 is 0 Å². The van der Waals surface area contributed by atoms with Crippen molar-refractivity contribution in [2.75, 3.05) is 13.2 Å². The van der Waals surface area contributed by atoms with Gasteiger partial charge in [-0.1, -0.05) is 12.1 Å². The SMILES string of the molecule is NC1=Nc2cc(CNC(CO)CO)ccc2Cc2ccsc21. The summed E-state index contributed by atoms with van der Waals surface area (Å²) in [7, 11) is 0. The predicted octanol–water partition coefficient (Wildman–Crippen LogP) is 1.13. The molecule has 0 bridgehead atoms. The fourth-order valence-electron chi connectivity index (χ4n) is 2.51. The first kappa shape index (κ1) is 15.2. The van der Waals surface area contributed by atoms with Gasteiger partial charge in [-0.25, -0.2) is 4.99 Å². The highest BCUT2D eigenvalue weighted by molar-refractivity contribution is 7.12. The summed E-state index contributed by atoms with van der Waals surface area (Å²) < 4.78 is 0. The minimum Gasteiger partial charge on any atom is -0.395 e. The molecule has 0 spiro atoms. The van der Waals surface area contributed by atoms with Crippen molar-refractivity contribution in [2.45, 2.75) is 19.0 Å². The Morgan fingerprint density at radius 2 is 2.05 bits per heavy atom. The lowest BCUT2D eigenvalue weighted by Crippen LogP contribution is -2.35. The molecule has 0 radical (unpaired) electrons. The molecule has 1 aromatic carbocycles. The van der Waals surface area contributed by atoms with Crippen LogP contribution in [0.15, 0.2) is 34.6 Å². The summed E-state index contributed by atoms with van der Waals surface area (Å²) in [4.78, 5) is 5.61. The molecule has 0 amide bonds. The standard InChI is InChI=1S/C16H19N3O2S/c17-16-15-12(3-4-22-15)6-11-2-1-10(5-14(11)19-16)7-18-13(8-20)9-21/h1-5,13,18,20-21H,6-9H2,(H2,17,19). The normalized spacial score (nSPS) is 13.5. The van der Waals surface area contributed by atoms with Crippen molar-refractivity contribution in [2.24, 2.45) is 10.7 Å². The summed E-state index contributed by atoms with van der Waals surface area (Å²) in [5.41, 5.74) is 10.4. The summed E-state index contributed by atoms with van der Waals surface area (Å²) in [5, 5.41) is 23.3. The Kier molecular flexibility index (Phi) is 4.54. The first-order valence-electron chi connectivity index (χ1n) is 7.19. The molecular formula is C16H19N3O2S. The molecule has 2 aromatic rings. The molecule has 0 saturated heterocycles. The second-order valence-corrected chi connectivity index (χ2v) is 6.27. The quantitative estimate of drug-likeness (QED) is 0.665. The summed E-state index contributed by atoms with van der Waals surface area (Å²) >= 11 is 1.62. The molecule has 0 aliphatic carbocycles. The number of hydrogen-bond acceptors (Lipinski definition) is 6.